The van der Waals surface area contributed by atoms with Gasteiger partial charge in [0.05, 0.1) is 30.9 Å². The first-order chi connectivity index (χ1) is 17.5. The van der Waals surface area contributed by atoms with Gasteiger partial charge in [-0.25, -0.2) is 4.79 Å². The molecule has 1 aromatic heterocycles. The van der Waals surface area contributed by atoms with E-state index in [0.717, 1.165) is 6.42 Å². The maximum absolute atomic E-state index is 14.3. The minimum Gasteiger partial charge on any atom is -0.465 e. The first kappa shape index (κ1) is 28.9. The number of nitrogens with zero attached hydrogens (tertiary/aromatic N) is 2. The molecule has 1 aromatic rings. The smallest absolute Gasteiger partial charge is 0.350 e. The van der Waals surface area contributed by atoms with Crippen LogP contribution in [0.15, 0.2) is 17.7 Å². The van der Waals surface area contributed by atoms with E-state index in [1.165, 1.54) is 24.0 Å². The number of esters is 1. The number of anilines is 1. The Labute approximate surface area is 225 Å². The van der Waals surface area contributed by atoms with Gasteiger partial charge < -0.3 is 14.4 Å². The normalized spacial score (nSPS) is 20.8. The number of thiophene rings is 1. The third-order valence-corrected chi connectivity index (χ3v) is 7.84. The number of ether oxygens (including phenoxy) is 2. The quantitative estimate of drug-likeness (QED) is 0.298. The summed E-state index contributed by atoms with van der Waals surface area (Å²) in [6.45, 7) is 14.0. The van der Waals surface area contributed by atoms with E-state index < -0.39 is 12.0 Å². The molecule has 3 atom stereocenters. The molecule has 1 aliphatic carbocycles. The average molecular weight is 529 g/mol. The fourth-order valence-corrected chi connectivity index (χ4v) is 5.75. The second kappa shape index (κ2) is 12.3. The van der Waals surface area contributed by atoms with Gasteiger partial charge in [0.15, 0.2) is 0 Å². The molecule has 3 rings (SSSR count). The predicted octanol–water partition coefficient (Wildman–Crippen LogP) is 4.90. The van der Waals surface area contributed by atoms with Gasteiger partial charge >= 0.3 is 5.97 Å². The molecule has 0 aromatic carbocycles. The molecule has 8 heteroatoms. The van der Waals surface area contributed by atoms with Gasteiger partial charge in [-0.2, -0.15) is 0 Å². The van der Waals surface area contributed by atoms with Crippen molar-refractivity contribution in [3.8, 4) is 11.8 Å². The summed E-state index contributed by atoms with van der Waals surface area (Å²) >= 11 is 1.20. The van der Waals surface area contributed by atoms with Crippen LogP contribution in [0.5, 0.6) is 0 Å². The first-order valence-corrected chi connectivity index (χ1v) is 13.9. The number of carbonyl (C=O) groups is 3. The molecule has 2 aliphatic rings. The largest absolute Gasteiger partial charge is 0.465 e. The van der Waals surface area contributed by atoms with Gasteiger partial charge in [0.25, 0.3) is 0 Å². The molecule has 0 saturated carbocycles. The Bertz CT molecular complexity index is 1100. The molecule has 0 N–H and O–H groups in total. The van der Waals surface area contributed by atoms with Crippen molar-refractivity contribution in [2.45, 2.75) is 66.8 Å². The molecule has 0 bridgehead atoms. The number of morpholine rings is 1. The standard InChI is InChI=1S/C29H40N2O5S/c1-8-23(27(33)30-13-15-36-16-14-30)31(26(32)22-10-9-19(2)17-20(22)3)24-18-21(11-12-29(4,5)6)37-25(24)28(34)35-7/h9,18,20,22-23H,8,10,13-17H2,1-7H3/t20-,22?,23-/m0/s1. The lowest BCUT2D eigenvalue weighted by Crippen LogP contribution is -2.55. The number of carbonyl (C=O) groups excluding carboxylic acids is 3. The molecule has 37 heavy (non-hydrogen) atoms. The van der Waals surface area contributed by atoms with E-state index in [-0.39, 0.29) is 33.9 Å². The Morgan fingerprint density at radius 1 is 1.27 bits per heavy atom. The second-order valence-electron chi connectivity index (χ2n) is 11.0. The number of methoxy groups -OCH3 is 1. The number of hydrogen-bond donors (Lipinski definition) is 0. The minimum atomic E-state index is -0.744. The predicted molar refractivity (Wildman–Crippen MR) is 147 cm³/mol. The van der Waals surface area contributed by atoms with Crippen molar-refractivity contribution in [3.63, 3.8) is 0 Å². The third-order valence-electron chi connectivity index (χ3n) is 6.82. The molecule has 1 saturated heterocycles. The highest BCUT2D eigenvalue weighted by molar-refractivity contribution is 7.15. The van der Waals surface area contributed by atoms with E-state index in [4.69, 9.17) is 9.47 Å². The third kappa shape index (κ3) is 7.03. The van der Waals surface area contributed by atoms with Gasteiger partial charge in [-0.3, -0.25) is 14.5 Å². The summed E-state index contributed by atoms with van der Waals surface area (Å²) in [4.78, 5) is 45.3. The van der Waals surface area contributed by atoms with Crippen molar-refractivity contribution < 1.29 is 23.9 Å². The molecule has 2 amide bonds. The van der Waals surface area contributed by atoms with Crippen LogP contribution in [0.2, 0.25) is 0 Å². The average Bonchev–Trinajstić information content (AvgIpc) is 3.28. The Morgan fingerprint density at radius 3 is 2.51 bits per heavy atom. The number of allylic oxidation sites excluding steroid dienone is 2. The van der Waals surface area contributed by atoms with Gasteiger partial charge in [0.2, 0.25) is 11.8 Å². The van der Waals surface area contributed by atoms with Crippen LogP contribution in [0.25, 0.3) is 0 Å². The number of rotatable bonds is 6. The second-order valence-corrected chi connectivity index (χ2v) is 12.0. The van der Waals surface area contributed by atoms with Gasteiger partial charge in [-0.05, 0) is 58.9 Å². The minimum absolute atomic E-state index is 0.122. The summed E-state index contributed by atoms with van der Waals surface area (Å²) in [5.74, 6) is 5.40. The molecule has 7 nitrogen and oxygen atoms in total. The van der Waals surface area contributed by atoms with Crippen LogP contribution in [-0.4, -0.2) is 62.1 Å². The molecule has 202 valence electrons. The van der Waals surface area contributed by atoms with E-state index in [9.17, 15) is 14.4 Å². The summed E-state index contributed by atoms with van der Waals surface area (Å²) in [5, 5.41) is 0. The zero-order valence-corrected chi connectivity index (χ0v) is 24.0. The van der Waals surface area contributed by atoms with Crippen molar-refractivity contribution in [3.05, 3.63) is 27.5 Å². The first-order valence-electron chi connectivity index (χ1n) is 13.1. The Hall–Kier alpha value is -2.63. The zero-order valence-electron chi connectivity index (χ0n) is 23.2. The highest BCUT2D eigenvalue weighted by atomic mass is 32.1. The molecular weight excluding hydrogens is 488 g/mol. The van der Waals surface area contributed by atoms with E-state index >= 15 is 0 Å². The fraction of sp³-hybridized carbons (Fsp3) is 0.621. The highest BCUT2D eigenvalue weighted by Gasteiger charge is 2.40. The molecule has 1 unspecified atom stereocenters. The van der Waals surface area contributed by atoms with Crippen molar-refractivity contribution >= 4 is 34.8 Å². The zero-order chi connectivity index (χ0) is 27.3. The van der Waals surface area contributed by atoms with Crippen LogP contribution in [-0.2, 0) is 19.1 Å². The van der Waals surface area contributed by atoms with Crippen molar-refractivity contribution in [2.75, 3.05) is 38.3 Å². The fourth-order valence-electron chi connectivity index (χ4n) is 4.83. The monoisotopic (exact) mass is 528 g/mol. The topological polar surface area (TPSA) is 76.2 Å². The van der Waals surface area contributed by atoms with E-state index in [1.54, 1.807) is 15.9 Å². The van der Waals surface area contributed by atoms with Gasteiger partial charge in [0, 0.05) is 24.4 Å². The number of hydrogen-bond acceptors (Lipinski definition) is 6. The molecular formula is C29H40N2O5S. The van der Waals surface area contributed by atoms with Crippen LogP contribution in [0.3, 0.4) is 0 Å². The van der Waals surface area contributed by atoms with Gasteiger partial charge in [-0.15, -0.1) is 11.3 Å². The Balaban J connectivity index is 2.14. The maximum atomic E-state index is 14.3. The van der Waals surface area contributed by atoms with E-state index in [0.29, 0.717) is 49.7 Å². The summed E-state index contributed by atoms with van der Waals surface area (Å²) in [5.41, 5.74) is 1.45. The summed E-state index contributed by atoms with van der Waals surface area (Å²) in [7, 11) is 1.32. The summed E-state index contributed by atoms with van der Waals surface area (Å²) in [6, 6.07) is 1.03. The Kier molecular flexibility index (Phi) is 9.60. The summed E-state index contributed by atoms with van der Waals surface area (Å²) < 4.78 is 10.5. The van der Waals surface area contributed by atoms with Crippen LogP contribution in [0.4, 0.5) is 5.69 Å². The van der Waals surface area contributed by atoms with Gasteiger partial charge in [-0.1, -0.05) is 37.3 Å². The number of amides is 2. The molecule has 0 radical (unpaired) electrons. The van der Waals surface area contributed by atoms with Crippen LogP contribution in [0, 0.1) is 29.1 Å². The van der Waals surface area contributed by atoms with E-state index in [1.807, 2.05) is 27.7 Å². The lowest BCUT2D eigenvalue weighted by Gasteiger charge is -2.38. The Morgan fingerprint density at radius 2 is 1.95 bits per heavy atom. The van der Waals surface area contributed by atoms with Crippen LogP contribution in [0.1, 0.15) is 75.4 Å². The summed E-state index contributed by atoms with van der Waals surface area (Å²) in [6.07, 6.45) is 3.96. The van der Waals surface area contributed by atoms with Crippen LogP contribution < -0.4 is 4.90 Å². The molecule has 2 heterocycles. The van der Waals surface area contributed by atoms with Gasteiger partial charge in [0.1, 0.15) is 10.9 Å². The molecule has 1 fully saturated rings. The van der Waals surface area contributed by atoms with Crippen molar-refractivity contribution in [1.82, 2.24) is 4.90 Å². The van der Waals surface area contributed by atoms with Crippen LogP contribution >= 0.6 is 11.3 Å². The highest BCUT2D eigenvalue weighted by Crippen LogP contribution is 2.38. The van der Waals surface area contributed by atoms with E-state index in [2.05, 4.69) is 31.8 Å². The van der Waals surface area contributed by atoms with Crippen molar-refractivity contribution in [2.24, 2.45) is 17.3 Å². The maximum Gasteiger partial charge on any atom is 0.350 e. The lowest BCUT2D eigenvalue weighted by atomic mass is 9.80. The van der Waals surface area contributed by atoms with Crippen molar-refractivity contribution in [1.29, 1.82) is 0 Å². The lowest BCUT2D eigenvalue weighted by molar-refractivity contribution is -0.139. The SMILES string of the molecule is CC[C@@H](C(=O)N1CCOCC1)N(C(=O)C1CC=C(C)C[C@@H]1C)c1cc(C#CC(C)(C)C)sc1C(=O)OC. The molecule has 1 aliphatic heterocycles. The molecule has 0 spiro atoms.